The van der Waals surface area contributed by atoms with Crippen LogP contribution in [0.25, 0.3) is 0 Å². The molecule has 0 saturated carbocycles. The van der Waals surface area contributed by atoms with E-state index in [1.54, 1.807) is 6.07 Å². The van der Waals surface area contributed by atoms with Gasteiger partial charge in [-0.2, -0.15) is 5.26 Å². The second-order valence-electron chi connectivity index (χ2n) is 3.93. The molecular weight excluding hydrogens is 289 g/mol. The van der Waals surface area contributed by atoms with Gasteiger partial charge in [-0.05, 0) is 39.5 Å². The molecule has 1 aliphatic carbocycles. The van der Waals surface area contributed by atoms with Gasteiger partial charge in [0.1, 0.15) is 11.9 Å². The average molecular weight is 300 g/mol. The van der Waals surface area contributed by atoms with Crippen molar-refractivity contribution in [3.8, 4) is 6.07 Å². The van der Waals surface area contributed by atoms with Crippen LogP contribution in [-0.4, -0.2) is 24.4 Å². The molecule has 5 heteroatoms. The summed E-state index contributed by atoms with van der Waals surface area (Å²) >= 11 is 3.09. The van der Waals surface area contributed by atoms with E-state index in [0.717, 1.165) is 5.56 Å². The van der Waals surface area contributed by atoms with E-state index in [4.69, 9.17) is 15.1 Å². The third-order valence-corrected chi connectivity index (χ3v) is 3.62. The molecule has 1 unspecified atom stereocenters. The number of fused-ring (bicyclic) bond motifs is 1. The van der Waals surface area contributed by atoms with Gasteiger partial charge in [0.05, 0.1) is 29.4 Å². The standard InChI is InChI=1S/C12H11BrFNO2/c13-11-8(6-15)3-7-4-9(17-2-1-16)5-10(7)12(11)14/h3,9,16H,1-2,4-5H2. The summed E-state index contributed by atoms with van der Waals surface area (Å²) in [5.41, 5.74) is 1.74. The van der Waals surface area contributed by atoms with Crippen molar-refractivity contribution in [2.75, 3.05) is 13.2 Å². The zero-order valence-corrected chi connectivity index (χ0v) is 10.6. The van der Waals surface area contributed by atoms with E-state index in [2.05, 4.69) is 15.9 Å². The Bertz CT molecular complexity index is 484. The Balaban J connectivity index is 2.27. The molecule has 1 aliphatic rings. The van der Waals surface area contributed by atoms with Gasteiger partial charge in [-0.1, -0.05) is 0 Å². The minimum absolute atomic E-state index is 0.0392. The lowest BCUT2D eigenvalue weighted by molar-refractivity contribution is 0.0347. The van der Waals surface area contributed by atoms with Gasteiger partial charge in [-0.3, -0.25) is 0 Å². The molecule has 1 atom stereocenters. The zero-order valence-electron chi connectivity index (χ0n) is 9.04. The molecule has 2 rings (SSSR count). The summed E-state index contributed by atoms with van der Waals surface area (Å²) in [7, 11) is 0. The molecule has 0 amide bonds. The molecule has 0 heterocycles. The van der Waals surface area contributed by atoms with E-state index in [9.17, 15) is 4.39 Å². The van der Waals surface area contributed by atoms with Gasteiger partial charge >= 0.3 is 0 Å². The number of nitriles is 1. The normalized spacial score (nSPS) is 17.9. The van der Waals surface area contributed by atoms with Crippen molar-refractivity contribution in [2.24, 2.45) is 0 Å². The fourth-order valence-electron chi connectivity index (χ4n) is 2.08. The summed E-state index contributed by atoms with van der Waals surface area (Å²) in [4.78, 5) is 0. The molecular formula is C12H11BrFNO2. The summed E-state index contributed by atoms with van der Waals surface area (Å²) in [5, 5.41) is 17.5. The topological polar surface area (TPSA) is 53.2 Å². The van der Waals surface area contributed by atoms with Crippen LogP contribution in [0.15, 0.2) is 10.5 Å². The Kier molecular flexibility index (Phi) is 3.77. The van der Waals surface area contributed by atoms with Crippen LogP contribution >= 0.6 is 15.9 Å². The van der Waals surface area contributed by atoms with Crippen molar-refractivity contribution in [2.45, 2.75) is 18.9 Å². The third kappa shape index (κ3) is 2.34. The first kappa shape index (κ1) is 12.5. The fraction of sp³-hybridized carbons (Fsp3) is 0.417. The summed E-state index contributed by atoms with van der Waals surface area (Å²) < 4.78 is 19.6. The Labute approximate surface area is 107 Å². The second kappa shape index (κ2) is 5.13. The molecule has 1 aromatic carbocycles. The maximum Gasteiger partial charge on any atom is 0.142 e. The molecule has 1 N–H and O–H groups in total. The Morgan fingerprint density at radius 2 is 2.35 bits per heavy atom. The molecule has 1 aromatic rings. The van der Waals surface area contributed by atoms with E-state index >= 15 is 0 Å². The number of aliphatic hydroxyl groups is 1. The van der Waals surface area contributed by atoms with Crippen molar-refractivity contribution in [3.63, 3.8) is 0 Å². The number of rotatable bonds is 3. The van der Waals surface area contributed by atoms with E-state index < -0.39 is 0 Å². The van der Waals surface area contributed by atoms with E-state index in [1.165, 1.54) is 0 Å². The van der Waals surface area contributed by atoms with E-state index in [1.807, 2.05) is 6.07 Å². The maximum atomic E-state index is 13.9. The minimum Gasteiger partial charge on any atom is -0.394 e. The van der Waals surface area contributed by atoms with Gasteiger partial charge in [-0.15, -0.1) is 0 Å². The lowest BCUT2D eigenvalue weighted by atomic mass is 10.1. The molecule has 17 heavy (non-hydrogen) atoms. The zero-order chi connectivity index (χ0) is 12.4. The number of hydrogen-bond donors (Lipinski definition) is 1. The first-order valence-electron chi connectivity index (χ1n) is 5.29. The molecule has 0 aromatic heterocycles. The molecule has 0 radical (unpaired) electrons. The number of nitrogens with zero attached hydrogens (tertiary/aromatic N) is 1. The number of hydrogen-bond acceptors (Lipinski definition) is 3. The van der Waals surface area contributed by atoms with Gasteiger partial charge in [0.25, 0.3) is 0 Å². The average Bonchev–Trinajstić information content (AvgIpc) is 2.74. The quantitative estimate of drug-likeness (QED) is 0.928. The molecule has 0 fully saturated rings. The lowest BCUT2D eigenvalue weighted by Crippen LogP contribution is -2.15. The molecule has 0 spiro atoms. The van der Waals surface area contributed by atoms with Gasteiger partial charge in [0, 0.05) is 6.42 Å². The SMILES string of the molecule is N#Cc1cc2c(c(F)c1Br)CC(OCCO)C2. The largest absolute Gasteiger partial charge is 0.394 e. The van der Waals surface area contributed by atoms with Crippen molar-refractivity contribution in [1.29, 1.82) is 5.26 Å². The van der Waals surface area contributed by atoms with Crippen molar-refractivity contribution in [1.82, 2.24) is 0 Å². The summed E-state index contributed by atoms with van der Waals surface area (Å²) in [5.74, 6) is -0.367. The maximum absolute atomic E-state index is 13.9. The smallest absolute Gasteiger partial charge is 0.142 e. The summed E-state index contributed by atoms with van der Waals surface area (Å²) in [6.07, 6.45) is 0.979. The number of halogens is 2. The van der Waals surface area contributed by atoms with Crippen LogP contribution in [0.5, 0.6) is 0 Å². The Hall–Kier alpha value is -0.960. The molecule has 0 bridgehead atoms. The van der Waals surface area contributed by atoms with Crippen LogP contribution in [0.1, 0.15) is 16.7 Å². The van der Waals surface area contributed by atoms with Crippen LogP contribution < -0.4 is 0 Å². The molecule has 90 valence electrons. The van der Waals surface area contributed by atoms with Gasteiger partial charge in [0.15, 0.2) is 0 Å². The fourth-order valence-corrected chi connectivity index (χ4v) is 2.53. The number of ether oxygens (including phenoxy) is 1. The Morgan fingerprint density at radius 3 is 3.00 bits per heavy atom. The monoisotopic (exact) mass is 299 g/mol. The van der Waals surface area contributed by atoms with Crippen molar-refractivity contribution in [3.05, 3.63) is 33.0 Å². The highest BCUT2D eigenvalue weighted by atomic mass is 79.9. The molecule has 0 saturated heterocycles. The highest BCUT2D eigenvalue weighted by molar-refractivity contribution is 9.10. The number of benzene rings is 1. The first-order chi connectivity index (χ1) is 8.17. The predicted octanol–water partition coefficient (Wildman–Crippen LogP) is 1.94. The van der Waals surface area contributed by atoms with Crippen LogP contribution in [-0.2, 0) is 17.6 Å². The highest BCUT2D eigenvalue weighted by Crippen LogP contribution is 2.33. The van der Waals surface area contributed by atoms with Crippen LogP contribution in [0.3, 0.4) is 0 Å². The summed E-state index contributed by atoms with van der Waals surface area (Å²) in [6, 6.07) is 3.66. The van der Waals surface area contributed by atoms with Crippen LogP contribution in [0.2, 0.25) is 0 Å². The van der Waals surface area contributed by atoms with E-state index in [-0.39, 0.29) is 29.6 Å². The van der Waals surface area contributed by atoms with Crippen molar-refractivity contribution < 1.29 is 14.2 Å². The van der Waals surface area contributed by atoms with Gasteiger partial charge in [0.2, 0.25) is 0 Å². The van der Waals surface area contributed by atoms with Crippen molar-refractivity contribution >= 4 is 15.9 Å². The van der Waals surface area contributed by atoms with Gasteiger partial charge in [-0.25, -0.2) is 4.39 Å². The Morgan fingerprint density at radius 1 is 1.59 bits per heavy atom. The minimum atomic E-state index is -0.367. The predicted molar refractivity (Wildman–Crippen MR) is 63.0 cm³/mol. The third-order valence-electron chi connectivity index (χ3n) is 2.84. The van der Waals surface area contributed by atoms with Crippen LogP contribution in [0.4, 0.5) is 4.39 Å². The number of aliphatic hydroxyl groups excluding tert-OH is 1. The summed E-state index contributed by atoms with van der Waals surface area (Å²) in [6.45, 7) is 0.217. The first-order valence-corrected chi connectivity index (χ1v) is 6.09. The second-order valence-corrected chi connectivity index (χ2v) is 4.72. The van der Waals surface area contributed by atoms with E-state index in [0.29, 0.717) is 24.0 Å². The molecule has 3 nitrogen and oxygen atoms in total. The lowest BCUT2D eigenvalue weighted by Gasteiger charge is -2.08. The molecule has 0 aliphatic heterocycles. The highest BCUT2D eigenvalue weighted by Gasteiger charge is 2.27. The van der Waals surface area contributed by atoms with Gasteiger partial charge < -0.3 is 9.84 Å². The van der Waals surface area contributed by atoms with Crippen LogP contribution in [0, 0.1) is 17.1 Å².